The van der Waals surface area contributed by atoms with Crippen molar-refractivity contribution < 1.29 is 38.4 Å². The van der Waals surface area contributed by atoms with Crippen LogP contribution in [0.5, 0.6) is 0 Å². The van der Waals surface area contributed by atoms with Gasteiger partial charge in [-0.15, -0.1) is 12.3 Å². The number of ether oxygens (including phenoxy) is 2. The Morgan fingerprint density at radius 3 is 1.35 bits per heavy atom. The summed E-state index contributed by atoms with van der Waals surface area (Å²) in [5.74, 6) is 17.0. The van der Waals surface area contributed by atoms with Crippen molar-refractivity contribution in [1.82, 2.24) is 49.8 Å². The highest BCUT2D eigenvalue weighted by Gasteiger charge is 2.55. The van der Waals surface area contributed by atoms with Gasteiger partial charge in [0.05, 0.1) is 12.1 Å². The van der Waals surface area contributed by atoms with Crippen LogP contribution < -0.4 is 10.6 Å². The summed E-state index contributed by atoms with van der Waals surface area (Å²) >= 11 is 2.27. The summed E-state index contributed by atoms with van der Waals surface area (Å²) in [4.78, 5) is 39.7. The first kappa shape index (κ1) is 79.9. The Labute approximate surface area is 598 Å². The fourth-order valence-electron chi connectivity index (χ4n) is 12.2. The molecule has 2 aliphatic carbocycles. The maximum absolute atomic E-state index is 12.7. The minimum Gasteiger partial charge on any atom is -0.444 e. The number of rotatable bonds is 20. The van der Waals surface area contributed by atoms with E-state index in [-0.39, 0.29) is 57.7 Å². The highest BCUT2D eigenvalue weighted by molar-refractivity contribution is 14.1. The number of carbonyl (C=O) groups is 2. The van der Waals surface area contributed by atoms with E-state index in [4.69, 9.17) is 38.8 Å². The molecule has 0 spiro atoms. The monoisotopic (exact) mass is 1480 g/mol. The summed E-state index contributed by atoms with van der Waals surface area (Å²) in [6.45, 7) is 49.7. The van der Waals surface area contributed by atoms with Crippen LogP contribution in [-0.4, -0.2) is 132 Å². The molecule has 2 unspecified atom stereocenters. The fraction of sp³-hybridized carbons (Fsp3) is 0.605. The maximum atomic E-state index is 12.7. The quantitative estimate of drug-likeness (QED) is 0.0417. The van der Waals surface area contributed by atoms with Gasteiger partial charge in [0.1, 0.15) is 46.4 Å². The van der Waals surface area contributed by atoms with Gasteiger partial charge in [0.25, 0.3) is 0 Å². The number of hydrogen-bond donors (Lipinski definition) is 2. The number of benzene rings is 2. The molecule has 4 aliphatic rings. The van der Waals surface area contributed by atoms with E-state index in [0.717, 1.165) is 55.6 Å². The zero-order chi connectivity index (χ0) is 69.6. The predicted molar refractivity (Wildman–Crippen MR) is 405 cm³/mol. The van der Waals surface area contributed by atoms with Crippen LogP contribution in [0.3, 0.4) is 0 Å². The number of alkyl carbamates (subject to hydrolysis) is 2. The number of halogens is 1. The largest absolute Gasteiger partial charge is 0.444 e. The molecule has 0 bridgehead atoms. The molecule has 18 nitrogen and oxygen atoms in total. The van der Waals surface area contributed by atoms with Gasteiger partial charge in [0.2, 0.25) is 0 Å². The predicted octanol–water partition coefficient (Wildman–Crippen LogP) is 17.7. The molecule has 21 heteroatoms. The normalized spacial score (nSPS) is 20.4. The third-order valence-corrected chi connectivity index (χ3v) is 29.1. The van der Waals surface area contributed by atoms with Gasteiger partial charge in [-0.2, -0.15) is 0 Å². The molecule has 2 aliphatic heterocycles. The Morgan fingerprint density at radius 1 is 0.629 bits per heavy atom. The number of terminal acetylenes is 1. The third-order valence-electron chi connectivity index (χ3n) is 19.3. The maximum Gasteiger partial charge on any atom is 0.407 e. The minimum absolute atomic E-state index is 0. The van der Waals surface area contributed by atoms with Crippen molar-refractivity contribution >= 4 is 51.4 Å². The molecular formula is C76H117IN10O8Si2. The molecule has 10 rings (SSSR count). The van der Waals surface area contributed by atoms with E-state index in [0.29, 0.717) is 34.7 Å². The average Bonchev–Trinajstić information content (AvgIpc) is 1.60. The molecule has 2 N–H and O–H groups in total. The molecule has 2 aromatic carbocycles. The summed E-state index contributed by atoms with van der Waals surface area (Å²) < 4.78 is 41.1. The third kappa shape index (κ3) is 21.2. The van der Waals surface area contributed by atoms with Gasteiger partial charge in [-0.3, -0.25) is 0 Å². The summed E-state index contributed by atoms with van der Waals surface area (Å²) in [5, 5.41) is 14.8. The first-order valence-corrected chi connectivity index (χ1v) is 41.0. The second-order valence-corrected chi connectivity index (χ2v) is 42.0. The van der Waals surface area contributed by atoms with Crippen LogP contribution in [-0.2, 0) is 18.3 Å². The molecule has 2 amide bonds. The fourth-order valence-corrected chi connectivity index (χ4v) is 15.2. The first-order valence-electron chi connectivity index (χ1n) is 34.1. The zero-order valence-electron chi connectivity index (χ0n) is 60.2. The molecule has 6 aromatic rings. The van der Waals surface area contributed by atoms with E-state index in [1.807, 2.05) is 138 Å². The van der Waals surface area contributed by atoms with Crippen molar-refractivity contribution in [1.29, 1.82) is 0 Å². The number of fused-ring (bicyclic) bond motifs is 2. The van der Waals surface area contributed by atoms with Gasteiger partial charge < -0.3 is 56.9 Å². The van der Waals surface area contributed by atoms with Crippen LogP contribution in [0.1, 0.15) is 193 Å². The number of hydrogen-bond acceptors (Lipinski definition) is 14. The lowest BCUT2D eigenvalue weighted by atomic mass is 10.1. The number of nitrogens with one attached hydrogen (secondary N) is 2. The van der Waals surface area contributed by atoms with Crippen molar-refractivity contribution in [3.05, 3.63) is 118 Å². The molecular weight excluding hydrogens is 1360 g/mol. The number of nitrogens with zero attached hydrogens (tertiary/aromatic N) is 8. The standard InChI is InChI=1S/C37H53N5O4Si.C27H39IN4O4Si.C10H15N.2CH4.H2/c1-11-19-41-23-29-28(30(29)24-41)17-14-26-12-15-27(16-13-26)33-21-31(40-45-33)32(22-39-35(43)44-36(3,4)5)42-20-18-38-34(42)25(2)46-47(9,10)37(6,7)8;1-18(36-37(8,9)27(5,6)7)24-29-14-15-32(24)22(17-30-25(33)34-26(2,3)4)21-16-23(35-31-21)19-10-12-20(28)13-11-19;1-3-5-11-6-9-8(4-2)10(9)7-11;;;/h12-13,15-16,18,20-21,25,28-30,32H,11,19,22-24H2,1-10H3,(H,39,43);10-16,18,22H,17H2,1-9H3,(H,30,33);2,8-10H,3,5-7H2,1H3;2*1H4;1H/t25-,28?,29-,30+,32+;18-,22+;8?,9-,10+;;;/m00..../s1. The van der Waals surface area contributed by atoms with E-state index >= 15 is 0 Å². The van der Waals surface area contributed by atoms with Crippen molar-refractivity contribution in [3.63, 3.8) is 0 Å². The Kier molecular flexibility index (Phi) is 27.2. The molecule has 10 atom stereocenters. The van der Waals surface area contributed by atoms with Crippen LogP contribution in [0.2, 0.25) is 36.3 Å². The number of aromatic nitrogens is 6. The van der Waals surface area contributed by atoms with E-state index in [2.05, 4.69) is 158 Å². The highest BCUT2D eigenvalue weighted by atomic mass is 127. The highest BCUT2D eigenvalue weighted by Crippen LogP contribution is 2.52. The SMILES string of the molecule is C.C.C#CC1[C@H]2CN(CCC)C[C@@H]12.CCCN1C[C@@H]2C(C#Cc3ccc(-c4cc([C@@H](CNC(=O)OC(C)(C)C)n5ccnc5[C@H](C)O[Si](C)(C)C(C)(C)C)no4)cc3)[C@@H]2C1.C[C@H](O[Si](C)(C)C(C)(C)C)c1nccn1[C@H](CNC(=O)OC(C)(C)C)c1cc(-c2ccc(I)cc2)on1.[HH]. The second-order valence-electron chi connectivity index (χ2n) is 31.2. The Balaban J connectivity index is 0.000000302. The summed E-state index contributed by atoms with van der Waals surface area (Å²) in [7, 11) is -4.13. The molecule has 4 fully saturated rings. The summed E-state index contributed by atoms with van der Waals surface area (Å²) in [5.41, 5.74) is 2.96. The van der Waals surface area contributed by atoms with Gasteiger partial charge >= 0.3 is 12.2 Å². The lowest BCUT2D eigenvalue weighted by molar-refractivity contribution is 0.0510. The first-order chi connectivity index (χ1) is 44.5. The average molecular weight is 1480 g/mol. The van der Waals surface area contributed by atoms with Crippen LogP contribution >= 0.6 is 22.6 Å². The van der Waals surface area contributed by atoms with Crippen LogP contribution in [0.25, 0.3) is 22.6 Å². The van der Waals surface area contributed by atoms with E-state index in [9.17, 15) is 9.59 Å². The Hall–Kier alpha value is -6.06. The van der Waals surface area contributed by atoms with E-state index in [1.165, 1.54) is 52.1 Å². The topological polar surface area (TPSA) is 189 Å². The van der Waals surface area contributed by atoms with Crippen molar-refractivity contribution in [2.24, 2.45) is 35.5 Å². The molecule has 0 radical (unpaired) electrons. The van der Waals surface area contributed by atoms with Gasteiger partial charge in [-0.05, 0) is 200 Å². The van der Waals surface area contributed by atoms with Gasteiger partial charge in [-0.1, -0.05) is 105 Å². The Morgan fingerprint density at radius 2 is 1.00 bits per heavy atom. The van der Waals surface area contributed by atoms with Crippen LogP contribution in [0, 0.1) is 63.3 Å². The zero-order valence-corrected chi connectivity index (χ0v) is 64.4. The van der Waals surface area contributed by atoms with E-state index in [1.54, 1.807) is 12.4 Å². The lowest BCUT2D eigenvalue weighted by Gasteiger charge is -2.38. The molecule has 6 heterocycles. The van der Waals surface area contributed by atoms with Crippen LogP contribution in [0.4, 0.5) is 9.59 Å². The summed E-state index contributed by atoms with van der Waals surface area (Å²) in [6, 6.07) is 19.2. The van der Waals surface area contributed by atoms with Crippen LogP contribution in [0.15, 0.2) is 94.5 Å². The number of likely N-dealkylation sites (tertiary alicyclic amines) is 2. The second kappa shape index (κ2) is 33.0. The molecule has 4 aromatic heterocycles. The van der Waals surface area contributed by atoms with Gasteiger partial charge in [0, 0.05) is 110 Å². The van der Waals surface area contributed by atoms with Gasteiger partial charge in [0.15, 0.2) is 28.2 Å². The molecule has 534 valence electrons. The Bertz CT molecular complexity index is 3590. The van der Waals surface area contributed by atoms with Gasteiger partial charge in [-0.25, -0.2) is 19.6 Å². The van der Waals surface area contributed by atoms with Crippen molar-refractivity contribution in [2.45, 2.75) is 210 Å². The number of carbonyl (C=O) groups excluding carboxylic acids is 2. The molecule has 2 saturated carbocycles. The number of amides is 2. The number of piperidine rings is 2. The van der Waals surface area contributed by atoms with Crippen molar-refractivity contribution in [3.8, 4) is 46.8 Å². The number of imidazole rings is 2. The smallest absolute Gasteiger partial charge is 0.407 e. The molecule has 2 saturated heterocycles. The van der Waals surface area contributed by atoms with Crippen molar-refractivity contribution in [2.75, 3.05) is 52.4 Å². The molecule has 97 heavy (non-hydrogen) atoms. The summed E-state index contributed by atoms with van der Waals surface area (Å²) in [6.07, 6.45) is 13.7. The van der Waals surface area contributed by atoms with E-state index < -0.39 is 46.1 Å². The lowest BCUT2D eigenvalue weighted by Crippen LogP contribution is -2.42. The minimum atomic E-state index is -2.08.